The first kappa shape index (κ1) is 43.3. The predicted molar refractivity (Wildman–Crippen MR) is 192 cm³/mol. The van der Waals surface area contributed by atoms with Crippen molar-refractivity contribution in [3.05, 3.63) is 17.5 Å². The number of rotatable bonds is 20. The molecule has 0 spiro atoms. The van der Waals surface area contributed by atoms with Gasteiger partial charge in [0, 0.05) is 47.1 Å². The topological polar surface area (TPSA) is 218 Å². The summed E-state index contributed by atoms with van der Waals surface area (Å²) in [7, 11) is 4.72. The van der Waals surface area contributed by atoms with Crippen LogP contribution in [0.3, 0.4) is 0 Å². The number of methoxy groups -OCH3 is 2. The van der Waals surface area contributed by atoms with Gasteiger partial charge in [-0.2, -0.15) is 0 Å². The van der Waals surface area contributed by atoms with E-state index in [2.05, 4.69) is 25.9 Å². The third-order valence-electron chi connectivity index (χ3n) is 9.86. The largest absolute Gasteiger partial charge is 0.480 e. The van der Waals surface area contributed by atoms with Crippen LogP contribution in [0.15, 0.2) is 6.20 Å². The highest BCUT2D eigenvalue weighted by Crippen LogP contribution is 2.30. The number of aromatic nitrogens is 2. The number of amides is 4. The van der Waals surface area contributed by atoms with Crippen LogP contribution in [0.1, 0.15) is 83.3 Å². The van der Waals surface area contributed by atoms with Gasteiger partial charge in [-0.1, -0.05) is 41.0 Å². The van der Waals surface area contributed by atoms with Crippen LogP contribution in [0.25, 0.3) is 0 Å². The van der Waals surface area contributed by atoms with E-state index in [1.165, 1.54) is 27.3 Å². The summed E-state index contributed by atoms with van der Waals surface area (Å²) >= 11 is 0. The van der Waals surface area contributed by atoms with Crippen LogP contribution in [-0.2, 0) is 28.7 Å². The minimum Gasteiger partial charge on any atom is -0.480 e. The third-order valence-corrected chi connectivity index (χ3v) is 9.86. The summed E-state index contributed by atoms with van der Waals surface area (Å²) in [4.78, 5) is 77.0. The van der Waals surface area contributed by atoms with Crippen molar-refractivity contribution in [3.8, 4) is 0 Å². The molecule has 8 atom stereocenters. The number of hydrogen-bond donors (Lipinski definition) is 5. The van der Waals surface area contributed by atoms with Gasteiger partial charge in [0.15, 0.2) is 0 Å². The standard InChI is InChI=1S/C35H60N8O8/c1-11-20(4)29(42(8)33(47)28(19(2)3)41-35-38-18-24(22(6)40-35)32(46)37-15-14-36)26(50-9)17-27(44)43-16-12-13-25(43)30(51-10)21(5)31(45)39-23(7)34(48)49/h18-21,23,25-26,28-30H,11-17,36H2,1-10H3,(H,37,46)(H,39,45)(H,48,49)(H,38,40,41)/t20?,21?,23-,25?,26?,28-,29?,30?/m0/s1. The summed E-state index contributed by atoms with van der Waals surface area (Å²) in [6.07, 6.45) is 2.13. The zero-order chi connectivity index (χ0) is 38.6. The van der Waals surface area contributed by atoms with Crippen molar-refractivity contribution in [2.45, 2.75) is 111 Å². The lowest BCUT2D eigenvalue weighted by molar-refractivity contribution is -0.147. The number of hydrogen-bond acceptors (Lipinski definition) is 11. The molecule has 0 bridgehead atoms. The fraction of sp³-hybridized carbons (Fsp3) is 0.743. The van der Waals surface area contributed by atoms with Gasteiger partial charge in [-0.3, -0.25) is 24.0 Å². The monoisotopic (exact) mass is 720 g/mol. The van der Waals surface area contributed by atoms with Gasteiger partial charge in [0.2, 0.25) is 23.7 Å². The maximum absolute atomic E-state index is 14.2. The molecule has 1 aromatic heterocycles. The van der Waals surface area contributed by atoms with Crippen LogP contribution in [0.4, 0.5) is 5.95 Å². The summed E-state index contributed by atoms with van der Waals surface area (Å²) < 4.78 is 11.7. The molecule has 1 aromatic rings. The Morgan fingerprint density at radius 2 is 1.78 bits per heavy atom. The first-order chi connectivity index (χ1) is 24.0. The second-order valence-electron chi connectivity index (χ2n) is 13.8. The highest BCUT2D eigenvalue weighted by Gasteiger charge is 2.43. The predicted octanol–water partition coefficient (Wildman–Crippen LogP) is 1.42. The molecular formula is C35H60N8O8. The first-order valence-corrected chi connectivity index (χ1v) is 17.8. The van der Waals surface area contributed by atoms with Gasteiger partial charge in [-0.15, -0.1) is 0 Å². The van der Waals surface area contributed by atoms with Gasteiger partial charge >= 0.3 is 5.97 Å². The Morgan fingerprint density at radius 3 is 2.31 bits per heavy atom. The van der Waals surface area contributed by atoms with Gasteiger partial charge in [0.1, 0.15) is 12.1 Å². The van der Waals surface area contributed by atoms with Crippen LogP contribution in [0, 0.1) is 24.7 Å². The normalized spacial score (nSPS) is 18.6. The Labute approximate surface area is 302 Å². The molecule has 16 nitrogen and oxygen atoms in total. The van der Waals surface area contributed by atoms with E-state index >= 15 is 0 Å². The van der Waals surface area contributed by atoms with Crippen molar-refractivity contribution in [2.75, 3.05) is 46.2 Å². The van der Waals surface area contributed by atoms with Crippen molar-refractivity contribution in [2.24, 2.45) is 23.5 Å². The molecule has 1 saturated heterocycles. The molecule has 0 aromatic carbocycles. The van der Waals surface area contributed by atoms with Gasteiger partial charge in [-0.25, -0.2) is 9.97 Å². The fourth-order valence-electron chi connectivity index (χ4n) is 6.63. The number of ether oxygens (including phenoxy) is 2. The molecule has 0 radical (unpaired) electrons. The van der Waals surface area contributed by atoms with Crippen LogP contribution >= 0.6 is 0 Å². The molecule has 2 heterocycles. The van der Waals surface area contributed by atoms with Gasteiger partial charge in [0.25, 0.3) is 5.91 Å². The minimum atomic E-state index is -1.15. The fourth-order valence-corrected chi connectivity index (χ4v) is 6.63. The number of nitrogens with one attached hydrogen (secondary N) is 3. The number of carbonyl (C=O) groups excluding carboxylic acids is 4. The van der Waals surface area contributed by atoms with Crippen molar-refractivity contribution in [3.63, 3.8) is 0 Å². The lowest BCUT2D eigenvalue weighted by atomic mass is 9.89. The van der Waals surface area contributed by atoms with Gasteiger partial charge in [0.05, 0.1) is 47.9 Å². The maximum Gasteiger partial charge on any atom is 0.325 e. The molecule has 0 aliphatic carbocycles. The summed E-state index contributed by atoms with van der Waals surface area (Å²) in [6.45, 7) is 13.7. The second kappa shape index (κ2) is 20.2. The summed E-state index contributed by atoms with van der Waals surface area (Å²) in [5.41, 5.74) is 6.25. The molecule has 1 aliphatic rings. The lowest BCUT2D eigenvalue weighted by Crippen LogP contribution is -2.56. The summed E-state index contributed by atoms with van der Waals surface area (Å²) in [6, 6.07) is -2.68. The van der Waals surface area contributed by atoms with E-state index in [-0.39, 0.29) is 41.9 Å². The number of nitrogens with two attached hydrogens (primary N) is 1. The van der Waals surface area contributed by atoms with E-state index in [1.54, 1.807) is 30.7 Å². The molecular weight excluding hydrogens is 660 g/mol. The van der Waals surface area contributed by atoms with Crippen LogP contribution < -0.4 is 21.7 Å². The second-order valence-corrected chi connectivity index (χ2v) is 13.8. The number of aliphatic carboxylic acids is 1. The van der Waals surface area contributed by atoms with E-state index in [0.717, 1.165) is 0 Å². The molecule has 288 valence electrons. The van der Waals surface area contributed by atoms with E-state index < -0.39 is 54.2 Å². The molecule has 1 fully saturated rings. The Balaban J connectivity index is 2.29. The number of carboxylic acid groups (broad SMARTS) is 1. The highest BCUT2D eigenvalue weighted by atomic mass is 16.5. The quantitative estimate of drug-likeness (QED) is 0.129. The smallest absolute Gasteiger partial charge is 0.325 e. The number of carbonyl (C=O) groups is 5. The Hall–Kier alpha value is -3.89. The van der Waals surface area contributed by atoms with E-state index in [1.807, 2.05) is 27.7 Å². The van der Waals surface area contributed by atoms with Crippen molar-refractivity contribution in [1.29, 1.82) is 0 Å². The molecule has 6 unspecified atom stereocenters. The molecule has 0 saturated carbocycles. The molecule has 16 heteroatoms. The molecule has 4 amide bonds. The Kier molecular flexibility index (Phi) is 17.2. The van der Waals surface area contributed by atoms with Crippen LogP contribution in [-0.4, -0.2) is 132 Å². The Morgan fingerprint density at radius 1 is 1.12 bits per heavy atom. The van der Waals surface area contributed by atoms with Crippen LogP contribution in [0.2, 0.25) is 0 Å². The SMILES string of the molecule is CCC(C)C(C(CC(=O)N1CCCC1C(OC)C(C)C(=O)N[C@@H](C)C(=O)O)OC)N(C)C(=O)[C@@H](Nc1ncc(C(=O)NCCN)c(C)n1)C(C)C. The maximum atomic E-state index is 14.2. The van der Waals surface area contributed by atoms with Crippen LogP contribution in [0.5, 0.6) is 0 Å². The first-order valence-electron chi connectivity index (χ1n) is 17.8. The van der Waals surface area contributed by atoms with E-state index in [9.17, 15) is 29.1 Å². The number of anilines is 1. The number of likely N-dealkylation sites (tertiary alicyclic amines) is 1. The third kappa shape index (κ3) is 11.3. The summed E-state index contributed by atoms with van der Waals surface area (Å²) in [5.74, 6) is -3.11. The average Bonchev–Trinajstić information content (AvgIpc) is 3.58. The highest BCUT2D eigenvalue weighted by molar-refractivity contribution is 5.95. The number of aryl methyl sites for hydroxylation is 1. The molecule has 2 rings (SSSR count). The number of nitrogens with zero attached hydrogens (tertiary/aromatic N) is 4. The minimum absolute atomic E-state index is 0.0115. The van der Waals surface area contributed by atoms with Gasteiger partial charge < -0.3 is 46.1 Å². The number of carboxylic acids is 1. The zero-order valence-corrected chi connectivity index (χ0v) is 31.9. The molecule has 6 N–H and O–H groups in total. The van der Waals surface area contributed by atoms with Crippen molar-refractivity contribution >= 4 is 35.5 Å². The van der Waals surface area contributed by atoms with E-state index in [4.69, 9.17) is 15.2 Å². The van der Waals surface area contributed by atoms with Crippen molar-refractivity contribution < 1.29 is 38.6 Å². The number of likely N-dealkylation sites (N-methyl/N-ethyl adjacent to an activating group) is 1. The lowest BCUT2D eigenvalue weighted by Gasteiger charge is -2.40. The summed E-state index contributed by atoms with van der Waals surface area (Å²) in [5, 5.41) is 17.6. The molecule has 1 aliphatic heterocycles. The zero-order valence-electron chi connectivity index (χ0n) is 31.9. The van der Waals surface area contributed by atoms with Crippen molar-refractivity contribution in [1.82, 2.24) is 30.4 Å². The average molecular weight is 721 g/mol. The van der Waals surface area contributed by atoms with Gasteiger partial charge in [-0.05, 0) is 38.5 Å². The van der Waals surface area contributed by atoms with E-state index in [0.29, 0.717) is 50.2 Å². The Bertz CT molecular complexity index is 1350. The molecule has 51 heavy (non-hydrogen) atoms.